The Bertz CT molecular complexity index is 923. The van der Waals surface area contributed by atoms with Gasteiger partial charge in [0, 0.05) is 18.1 Å². The highest BCUT2D eigenvalue weighted by molar-refractivity contribution is 5.95. The molecule has 7 heteroatoms. The molecule has 128 valence electrons. The predicted molar refractivity (Wildman–Crippen MR) is 90.4 cm³/mol. The van der Waals surface area contributed by atoms with E-state index in [1.165, 1.54) is 30.1 Å². The fourth-order valence-corrected chi connectivity index (χ4v) is 2.41. The first-order chi connectivity index (χ1) is 12.0. The highest BCUT2D eigenvalue weighted by Crippen LogP contribution is 2.18. The molecular weight excluding hydrogens is 325 g/mol. The topological polar surface area (TPSA) is 75.4 Å². The van der Waals surface area contributed by atoms with Crippen LogP contribution in [0.5, 0.6) is 0 Å². The van der Waals surface area contributed by atoms with Crippen molar-refractivity contribution < 1.29 is 18.5 Å². The molecular formula is C18H16FN3O3. The zero-order chi connectivity index (χ0) is 17.8. The zero-order valence-corrected chi connectivity index (χ0v) is 13.5. The third kappa shape index (κ3) is 4.00. The number of hydrogen-bond donors (Lipinski definition) is 1. The van der Waals surface area contributed by atoms with Crippen LogP contribution in [-0.2, 0) is 16.0 Å². The SMILES string of the molecule is CN(CC(=O)Nc1cccc(F)c1)C(=O)Cc1noc2ccccc12. The number of fused-ring (bicyclic) bond motifs is 1. The van der Waals surface area contributed by atoms with Crippen LogP contribution in [0, 0.1) is 5.82 Å². The first kappa shape index (κ1) is 16.6. The predicted octanol–water partition coefficient (Wildman–Crippen LogP) is 2.61. The van der Waals surface area contributed by atoms with E-state index in [-0.39, 0.29) is 18.9 Å². The van der Waals surface area contributed by atoms with E-state index in [1.807, 2.05) is 18.2 Å². The number of rotatable bonds is 5. The number of aromatic nitrogens is 1. The van der Waals surface area contributed by atoms with E-state index in [0.717, 1.165) is 5.39 Å². The molecule has 0 radical (unpaired) electrons. The van der Waals surface area contributed by atoms with Gasteiger partial charge in [0.2, 0.25) is 11.8 Å². The highest BCUT2D eigenvalue weighted by atomic mass is 19.1. The molecule has 2 amide bonds. The van der Waals surface area contributed by atoms with Crippen LogP contribution in [0.3, 0.4) is 0 Å². The lowest BCUT2D eigenvalue weighted by Gasteiger charge is -2.16. The van der Waals surface area contributed by atoms with Gasteiger partial charge in [-0.1, -0.05) is 23.4 Å². The lowest BCUT2D eigenvalue weighted by molar-refractivity contribution is -0.132. The Labute approximate surface area is 143 Å². The van der Waals surface area contributed by atoms with E-state index in [9.17, 15) is 14.0 Å². The maximum absolute atomic E-state index is 13.1. The normalized spacial score (nSPS) is 10.6. The number of hydrogen-bond acceptors (Lipinski definition) is 4. The summed E-state index contributed by atoms with van der Waals surface area (Å²) in [6.45, 7) is -0.148. The first-order valence-corrected chi connectivity index (χ1v) is 7.65. The largest absolute Gasteiger partial charge is 0.356 e. The molecule has 6 nitrogen and oxygen atoms in total. The number of halogens is 1. The standard InChI is InChI=1S/C18H16FN3O3/c1-22(11-17(23)20-13-6-4-5-12(19)9-13)18(24)10-15-14-7-2-3-8-16(14)25-21-15/h2-9H,10-11H2,1H3,(H,20,23). The van der Waals surface area contributed by atoms with Gasteiger partial charge in [0.15, 0.2) is 5.58 Å². The summed E-state index contributed by atoms with van der Waals surface area (Å²) >= 11 is 0. The van der Waals surface area contributed by atoms with Crippen molar-refractivity contribution in [3.8, 4) is 0 Å². The maximum Gasteiger partial charge on any atom is 0.243 e. The Hall–Kier alpha value is -3.22. The lowest BCUT2D eigenvalue weighted by atomic mass is 10.1. The van der Waals surface area contributed by atoms with Crippen LogP contribution in [0.2, 0.25) is 0 Å². The average molecular weight is 341 g/mol. The van der Waals surface area contributed by atoms with Crippen LogP contribution in [0.15, 0.2) is 53.1 Å². The average Bonchev–Trinajstić information content (AvgIpc) is 2.98. The van der Waals surface area contributed by atoms with Crippen molar-refractivity contribution in [1.29, 1.82) is 0 Å². The summed E-state index contributed by atoms with van der Waals surface area (Å²) in [6, 6.07) is 12.8. The molecule has 0 spiro atoms. The molecule has 0 saturated carbocycles. The van der Waals surface area contributed by atoms with Gasteiger partial charge in [0.25, 0.3) is 0 Å². The van der Waals surface area contributed by atoms with Gasteiger partial charge in [-0.05, 0) is 30.3 Å². The summed E-state index contributed by atoms with van der Waals surface area (Å²) in [6.07, 6.45) is 0.0285. The first-order valence-electron chi connectivity index (χ1n) is 7.65. The second-order valence-corrected chi connectivity index (χ2v) is 5.61. The molecule has 1 N–H and O–H groups in total. The molecule has 0 aliphatic rings. The zero-order valence-electron chi connectivity index (χ0n) is 13.5. The van der Waals surface area contributed by atoms with Crippen molar-refractivity contribution in [2.24, 2.45) is 0 Å². The molecule has 0 atom stereocenters. The molecule has 1 heterocycles. The molecule has 0 aliphatic heterocycles. The quantitative estimate of drug-likeness (QED) is 0.774. The van der Waals surface area contributed by atoms with E-state index >= 15 is 0 Å². The molecule has 2 aromatic carbocycles. The van der Waals surface area contributed by atoms with E-state index in [0.29, 0.717) is 17.0 Å². The van der Waals surface area contributed by atoms with Gasteiger partial charge in [0.1, 0.15) is 11.5 Å². The molecule has 3 aromatic rings. The van der Waals surface area contributed by atoms with Crippen LogP contribution in [0.25, 0.3) is 11.0 Å². The summed E-state index contributed by atoms with van der Waals surface area (Å²) in [7, 11) is 1.52. The van der Waals surface area contributed by atoms with Crippen LogP contribution >= 0.6 is 0 Å². The second kappa shape index (κ2) is 7.12. The Morgan fingerprint density at radius 2 is 2.00 bits per heavy atom. The van der Waals surface area contributed by atoms with E-state index in [4.69, 9.17) is 4.52 Å². The van der Waals surface area contributed by atoms with Crippen LogP contribution in [-0.4, -0.2) is 35.5 Å². The molecule has 0 saturated heterocycles. The lowest BCUT2D eigenvalue weighted by Crippen LogP contribution is -2.35. The third-order valence-electron chi connectivity index (χ3n) is 3.69. The number of nitrogens with zero attached hydrogens (tertiary/aromatic N) is 2. The summed E-state index contributed by atoms with van der Waals surface area (Å²) in [4.78, 5) is 25.6. The Morgan fingerprint density at radius 3 is 2.80 bits per heavy atom. The highest BCUT2D eigenvalue weighted by Gasteiger charge is 2.17. The van der Waals surface area contributed by atoms with Crippen molar-refractivity contribution in [2.75, 3.05) is 18.9 Å². The van der Waals surface area contributed by atoms with E-state index in [1.54, 1.807) is 12.1 Å². The number of amides is 2. The Kier molecular flexibility index (Phi) is 4.74. The molecule has 0 unspecified atom stereocenters. The number of nitrogens with one attached hydrogen (secondary N) is 1. The van der Waals surface area contributed by atoms with Gasteiger partial charge in [-0.25, -0.2) is 4.39 Å². The van der Waals surface area contributed by atoms with Crippen molar-refractivity contribution in [3.05, 3.63) is 60.0 Å². The van der Waals surface area contributed by atoms with Gasteiger partial charge in [-0.15, -0.1) is 0 Å². The molecule has 0 fully saturated rings. The molecule has 3 rings (SSSR count). The van der Waals surface area contributed by atoms with Crippen molar-refractivity contribution in [2.45, 2.75) is 6.42 Å². The summed E-state index contributed by atoms with van der Waals surface area (Å²) in [5.74, 6) is -1.12. The van der Waals surface area contributed by atoms with Crippen LogP contribution in [0.4, 0.5) is 10.1 Å². The van der Waals surface area contributed by atoms with Gasteiger partial charge >= 0.3 is 0 Å². The molecule has 0 aliphatic carbocycles. The van der Waals surface area contributed by atoms with Crippen LogP contribution < -0.4 is 5.32 Å². The van der Waals surface area contributed by atoms with Gasteiger partial charge in [-0.3, -0.25) is 9.59 Å². The minimum atomic E-state index is -0.444. The monoisotopic (exact) mass is 341 g/mol. The maximum atomic E-state index is 13.1. The smallest absolute Gasteiger partial charge is 0.243 e. The fraction of sp³-hybridized carbons (Fsp3) is 0.167. The van der Waals surface area contributed by atoms with Crippen molar-refractivity contribution in [3.63, 3.8) is 0 Å². The summed E-state index contributed by atoms with van der Waals surface area (Å²) in [5.41, 5.74) is 1.48. The van der Waals surface area contributed by atoms with Gasteiger partial charge < -0.3 is 14.7 Å². The van der Waals surface area contributed by atoms with E-state index < -0.39 is 11.7 Å². The molecule has 0 bridgehead atoms. The second-order valence-electron chi connectivity index (χ2n) is 5.61. The number of carbonyl (C=O) groups is 2. The van der Waals surface area contributed by atoms with Crippen molar-refractivity contribution in [1.82, 2.24) is 10.1 Å². The number of anilines is 1. The minimum absolute atomic E-state index is 0.0285. The minimum Gasteiger partial charge on any atom is -0.356 e. The number of benzene rings is 2. The van der Waals surface area contributed by atoms with Gasteiger partial charge in [0.05, 0.1) is 13.0 Å². The summed E-state index contributed by atoms with van der Waals surface area (Å²) in [5, 5.41) is 7.23. The fourth-order valence-electron chi connectivity index (χ4n) is 2.41. The Balaban J connectivity index is 1.59. The summed E-state index contributed by atoms with van der Waals surface area (Å²) < 4.78 is 18.3. The molecule has 25 heavy (non-hydrogen) atoms. The number of likely N-dealkylation sites (N-methyl/N-ethyl adjacent to an activating group) is 1. The van der Waals surface area contributed by atoms with E-state index in [2.05, 4.69) is 10.5 Å². The third-order valence-corrected chi connectivity index (χ3v) is 3.69. The Morgan fingerprint density at radius 1 is 1.20 bits per heavy atom. The van der Waals surface area contributed by atoms with Crippen molar-refractivity contribution >= 4 is 28.5 Å². The molecule has 1 aromatic heterocycles. The van der Waals surface area contributed by atoms with Gasteiger partial charge in [-0.2, -0.15) is 0 Å². The number of carbonyl (C=O) groups excluding carboxylic acids is 2. The van der Waals surface area contributed by atoms with Crippen LogP contribution in [0.1, 0.15) is 5.69 Å². The number of para-hydroxylation sites is 1.